The van der Waals surface area contributed by atoms with E-state index in [4.69, 9.17) is 12.2 Å². The van der Waals surface area contributed by atoms with Crippen LogP contribution >= 0.6 is 12.2 Å². The van der Waals surface area contributed by atoms with Gasteiger partial charge in [0.1, 0.15) is 0 Å². The van der Waals surface area contributed by atoms with Crippen molar-refractivity contribution in [2.75, 3.05) is 5.32 Å². The second-order valence-corrected chi connectivity index (χ2v) is 6.56. The average molecular weight is 290 g/mol. The van der Waals surface area contributed by atoms with Crippen LogP contribution in [0.25, 0.3) is 0 Å². The van der Waals surface area contributed by atoms with Crippen LogP contribution in [0.4, 0.5) is 5.69 Å². The van der Waals surface area contributed by atoms with Gasteiger partial charge in [0.2, 0.25) is 0 Å². The van der Waals surface area contributed by atoms with E-state index in [1.165, 1.54) is 31.2 Å². The average Bonchev–Trinajstić information content (AvgIpc) is 2.89. The Morgan fingerprint density at radius 1 is 1.20 bits per heavy atom. The van der Waals surface area contributed by atoms with Gasteiger partial charge in [-0.15, -0.1) is 0 Å². The summed E-state index contributed by atoms with van der Waals surface area (Å²) in [7, 11) is 0. The molecule has 0 spiro atoms. The van der Waals surface area contributed by atoms with Crippen LogP contribution in [0, 0.1) is 5.92 Å². The lowest BCUT2D eigenvalue weighted by Crippen LogP contribution is -2.51. The molecule has 20 heavy (non-hydrogen) atoms. The molecule has 110 valence electrons. The van der Waals surface area contributed by atoms with Gasteiger partial charge < -0.3 is 10.6 Å². The first-order valence-corrected chi connectivity index (χ1v) is 8.14. The van der Waals surface area contributed by atoms with Crippen molar-refractivity contribution < 1.29 is 0 Å². The van der Waals surface area contributed by atoms with Crippen molar-refractivity contribution in [2.24, 2.45) is 5.92 Å². The summed E-state index contributed by atoms with van der Waals surface area (Å²) in [4.78, 5) is 0. The van der Waals surface area contributed by atoms with Crippen molar-refractivity contribution in [1.29, 1.82) is 0 Å². The summed E-state index contributed by atoms with van der Waals surface area (Å²) < 4.78 is 0. The summed E-state index contributed by atoms with van der Waals surface area (Å²) >= 11 is 5.50. The molecule has 0 bridgehead atoms. The van der Waals surface area contributed by atoms with Gasteiger partial charge in [-0.25, -0.2) is 0 Å². The van der Waals surface area contributed by atoms with Crippen LogP contribution in [-0.4, -0.2) is 10.7 Å². The molecule has 2 rings (SSSR count). The monoisotopic (exact) mass is 290 g/mol. The Kier molecular flexibility index (Phi) is 5.03. The molecule has 1 aromatic rings. The van der Waals surface area contributed by atoms with Gasteiger partial charge in [-0.05, 0) is 55.1 Å². The predicted molar refractivity (Wildman–Crippen MR) is 91.2 cm³/mol. The molecule has 3 heteroatoms. The zero-order valence-corrected chi connectivity index (χ0v) is 13.6. The second-order valence-electron chi connectivity index (χ2n) is 6.15. The highest BCUT2D eigenvalue weighted by atomic mass is 32.1. The highest BCUT2D eigenvalue weighted by Gasteiger charge is 2.37. The number of rotatable bonds is 4. The molecule has 0 atom stereocenters. The molecule has 2 N–H and O–H groups in total. The maximum atomic E-state index is 5.50. The van der Waals surface area contributed by atoms with Crippen LogP contribution in [0.3, 0.4) is 0 Å². The molecule has 0 amide bonds. The molecule has 1 fully saturated rings. The summed E-state index contributed by atoms with van der Waals surface area (Å²) in [6.45, 7) is 6.75. The van der Waals surface area contributed by atoms with Crippen LogP contribution in [0.5, 0.6) is 0 Å². The van der Waals surface area contributed by atoms with Gasteiger partial charge in [0.05, 0.1) is 0 Å². The second kappa shape index (κ2) is 6.57. The Bertz CT molecular complexity index is 445. The summed E-state index contributed by atoms with van der Waals surface area (Å²) in [5.41, 5.74) is 2.61. The lowest BCUT2D eigenvalue weighted by Gasteiger charge is -2.35. The van der Waals surface area contributed by atoms with Crippen molar-refractivity contribution in [3.05, 3.63) is 29.8 Å². The molecule has 0 heterocycles. The van der Waals surface area contributed by atoms with Crippen LogP contribution in [0.1, 0.15) is 52.0 Å². The SMILES string of the molecule is CCc1ccc(NC(=S)NC2(C(C)C)CCCC2)cc1. The van der Waals surface area contributed by atoms with E-state index >= 15 is 0 Å². The van der Waals surface area contributed by atoms with Crippen molar-refractivity contribution in [3.63, 3.8) is 0 Å². The topological polar surface area (TPSA) is 24.1 Å². The molecule has 0 unspecified atom stereocenters. The minimum Gasteiger partial charge on any atom is -0.357 e. The first-order valence-electron chi connectivity index (χ1n) is 7.74. The Hall–Kier alpha value is -1.09. The summed E-state index contributed by atoms with van der Waals surface area (Å²) in [6.07, 6.45) is 6.12. The summed E-state index contributed by atoms with van der Waals surface area (Å²) in [6, 6.07) is 8.50. The lowest BCUT2D eigenvalue weighted by atomic mass is 9.85. The third-order valence-corrected chi connectivity index (χ3v) is 4.79. The van der Waals surface area contributed by atoms with Crippen LogP contribution in [-0.2, 0) is 6.42 Å². The number of hydrogen-bond donors (Lipinski definition) is 2. The summed E-state index contributed by atoms with van der Waals surface area (Å²) in [5, 5.41) is 7.66. The Morgan fingerprint density at radius 2 is 1.80 bits per heavy atom. The highest BCUT2D eigenvalue weighted by molar-refractivity contribution is 7.80. The maximum Gasteiger partial charge on any atom is 0.171 e. The number of hydrogen-bond acceptors (Lipinski definition) is 1. The minimum absolute atomic E-state index is 0.188. The van der Waals surface area contributed by atoms with E-state index < -0.39 is 0 Å². The largest absolute Gasteiger partial charge is 0.357 e. The highest BCUT2D eigenvalue weighted by Crippen LogP contribution is 2.35. The van der Waals surface area contributed by atoms with Crippen LogP contribution < -0.4 is 10.6 Å². The Morgan fingerprint density at radius 3 is 2.30 bits per heavy atom. The van der Waals surface area contributed by atoms with E-state index in [2.05, 4.69) is 55.7 Å². The standard InChI is InChI=1S/C17H26N2S/c1-4-14-7-9-15(10-8-14)18-16(20)19-17(13(2)3)11-5-6-12-17/h7-10,13H,4-6,11-12H2,1-3H3,(H2,18,19,20). The van der Waals surface area contributed by atoms with Crippen molar-refractivity contribution >= 4 is 23.0 Å². The molecule has 2 nitrogen and oxygen atoms in total. The zero-order chi connectivity index (χ0) is 14.6. The molecule has 0 radical (unpaired) electrons. The number of thiocarbonyl (C=S) groups is 1. The Labute approximate surface area is 128 Å². The van der Waals surface area contributed by atoms with Gasteiger partial charge in [-0.2, -0.15) is 0 Å². The smallest absolute Gasteiger partial charge is 0.171 e. The molecule has 1 saturated carbocycles. The fourth-order valence-electron chi connectivity index (χ4n) is 3.06. The molecule has 0 aromatic heterocycles. The number of nitrogens with one attached hydrogen (secondary N) is 2. The normalized spacial score (nSPS) is 17.2. The fraction of sp³-hybridized carbons (Fsp3) is 0.588. The van der Waals surface area contributed by atoms with Crippen LogP contribution in [0.2, 0.25) is 0 Å². The molecular formula is C17H26N2S. The van der Waals surface area contributed by atoms with Crippen molar-refractivity contribution in [2.45, 2.75) is 58.4 Å². The van der Waals surface area contributed by atoms with Gasteiger partial charge in [-0.3, -0.25) is 0 Å². The molecule has 0 saturated heterocycles. The number of aryl methyl sites for hydroxylation is 1. The van der Waals surface area contributed by atoms with Gasteiger partial charge in [0.15, 0.2) is 5.11 Å². The number of anilines is 1. The first-order chi connectivity index (χ1) is 9.55. The first kappa shape index (κ1) is 15.3. The van der Waals surface area contributed by atoms with Gasteiger partial charge in [0, 0.05) is 11.2 Å². The van der Waals surface area contributed by atoms with Gasteiger partial charge in [0.25, 0.3) is 0 Å². The minimum atomic E-state index is 0.188. The van der Waals surface area contributed by atoms with E-state index in [1.54, 1.807) is 0 Å². The number of benzene rings is 1. The Balaban J connectivity index is 1.97. The molecule has 0 aliphatic heterocycles. The van der Waals surface area contributed by atoms with E-state index in [0.29, 0.717) is 5.92 Å². The lowest BCUT2D eigenvalue weighted by molar-refractivity contribution is 0.283. The predicted octanol–water partition coefficient (Wildman–Crippen LogP) is 4.50. The summed E-state index contributed by atoms with van der Waals surface area (Å²) in [5.74, 6) is 0.604. The van der Waals surface area contributed by atoms with E-state index in [-0.39, 0.29) is 5.54 Å². The molecular weight excluding hydrogens is 264 g/mol. The van der Waals surface area contributed by atoms with E-state index in [0.717, 1.165) is 17.2 Å². The quantitative estimate of drug-likeness (QED) is 0.798. The van der Waals surface area contributed by atoms with Crippen molar-refractivity contribution in [1.82, 2.24) is 5.32 Å². The van der Waals surface area contributed by atoms with Gasteiger partial charge in [-0.1, -0.05) is 45.7 Å². The maximum absolute atomic E-state index is 5.50. The third kappa shape index (κ3) is 3.51. The van der Waals surface area contributed by atoms with E-state index in [9.17, 15) is 0 Å². The van der Waals surface area contributed by atoms with Gasteiger partial charge >= 0.3 is 0 Å². The molecule has 1 aromatic carbocycles. The fourth-order valence-corrected chi connectivity index (χ4v) is 3.39. The third-order valence-electron chi connectivity index (χ3n) is 4.58. The molecule has 1 aliphatic carbocycles. The van der Waals surface area contributed by atoms with Crippen molar-refractivity contribution in [3.8, 4) is 0 Å². The van der Waals surface area contributed by atoms with E-state index in [1.807, 2.05) is 0 Å². The molecule has 1 aliphatic rings. The zero-order valence-electron chi connectivity index (χ0n) is 12.8. The van der Waals surface area contributed by atoms with Crippen LogP contribution in [0.15, 0.2) is 24.3 Å².